The number of rotatable bonds is 2. The summed E-state index contributed by atoms with van der Waals surface area (Å²) >= 11 is 0. The first-order chi connectivity index (χ1) is 21.8. The van der Waals surface area contributed by atoms with Crippen LogP contribution in [0.2, 0.25) is 0 Å². The number of hydrogen-bond donors (Lipinski definition) is 0. The van der Waals surface area contributed by atoms with Gasteiger partial charge in [0.15, 0.2) is 0 Å². The van der Waals surface area contributed by atoms with Crippen LogP contribution in [0.1, 0.15) is 0 Å². The number of pyridine rings is 2. The Bertz CT molecular complexity index is 2580. The van der Waals surface area contributed by atoms with Crippen molar-refractivity contribution in [1.29, 1.82) is 0 Å². The second kappa shape index (κ2) is 8.82. The van der Waals surface area contributed by atoms with Crippen LogP contribution in [0.25, 0.3) is 98.2 Å². The molecule has 0 amide bonds. The van der Waals surface area contributed by atoms with Crippen molar-refractivity contribution in [2.75, 3.05) is 0 Å². The number of benzene rings is 8. The van der Waals surface area contributed by atoms with E-state index in [-0.39, 0.29) is 0 Å². The molecule has 2 heterocycles. The van der Waals surface area contributed by atoms with E-state index in [0.29, 0.717) is 0 Å². The van der Waals surface area contributed by atoms with Crippen LogP contribution in [0.4, 0.5) is 0 Å². The van der Waals surface area contributed by atoms with Gasteiger partial charge in [-0.15, -0.1) is 0 Å². The molecule has 0 N–H and O–H groups in total. The zero-order valence-corrected chi connectivity index (χ0v) is 23.8. The highest BCUT2D eigenvalue weighted by molar-refractivity contribution is 6.27. The van der Waals surface area contributed by atoms with Crippen molar-refractivity contribution in [2.45, 2.75) is 0 Å². The zero-order valence-electron chi connectivity index (χ0n) is 23.8. The van der Waals surface area contributed by atoms with Crippen LogP contribution in [0.15, 0.2) is 146 Å². The molecule has 0 spiro atoms. The minimum atomic E-state index is 0.995. The van der Waals surface area contributed by atoms with Crippen molar-refractivity contribution in [3.8, 4) is 22.5 Å². The molecule has 0 saturated heterocycles. The first-order valence-electron chi connectivity index (χ1n) is 15.1. The van der Waals surface area contributed by atoms with Crippen LogP contribution >= 0.6 is 0 Å². The molecule has 0 aliphatic heterocycles. The Morgan fingerprint density at radius 2 is 0.682 bits per heavy atom. The lowest BCUT2D eigenvalue weighted by Gasteiger charge is -2.16. The maximum absolute atomic E-state index is 5.18. The molecule has 2 nitrogen and oxygen atoms in total. The molecule has 10 aromatic rings. The second-order valence-electron chi connectivity index (χ2n) is 11.8. The zero-order chi connectivity index (χ0) is 28.8. The largest absolute Gasteiger partial charge is 0.248 e. The molecule has 0 bridgehead atoms. The number of aromatic nitrogens is 2. The summed E-state index contributed by atoms with van der Waals surface area (Å²) in [5.41, 5.74) is 6.34. The molecule has 44 heavy (non-hydrogen) atoms. The molecule has 0 saturated carbocycles. The minimum Gasteiger partial charge on any atom is -0.248 e. The number of nitrogens with zero attached hydrogens (tertiary/aromatic N) is 2. The molecule has 202 valence electrons. The quantitative estimate of drug-likeness (QED) is 0.156. The minimum absolute atomic E-state index is 0.995. The normalized spacial score (nSPS) is 12.1. The molecule has 10 rings (SSSR count). The summed E-state index contributed by atoms with van der Waals surface area (Å²) < 4.78 is 0. The molecular formula is C42H24N2. The van der Waals surface area contributed by atoms with Crippen LogP contribution in [0.5, 0.6) is 0 Å². The summed E-state index contributed by atoms with van der Waals surface area (Å²) in [7, 11) is 0. The van der Waals surface area contributed by atoms with E-state index in [1.807, 2.05) is 0 Å². The van der Waals surface area contributed by atoms with Crippen molar-refractivity contribution in [1.82, 2.24) is 9.97 Å². The van der Waals surface area contributed by atoms with E-state index in [1.165, 1.54) is 53.9 Å². The van der Waals surface area contributed by atoms with E-state index in [0.717, 1.165) is 44.3 Å². The van der Waals surface area contributed by atoms with Gasteiger partial charge in [0.1, 0.15) is 0 Å². The Balaban J connectivity index is 1.19. The van der Waals surface area contributed by atoms with Crippen molar-refractivity contribution in [3.05, 3.63) is 146 Å². The molecule has 2 heteroatoms. The molecule has 0 fully saturated rings. The smallest absolute Gasteiger partial charge is 0.0715 e. The Hall–Kier alpha value is -5.86. The van der Waals surface area contributed by atoms with E-state index >= 15 is 0 Å². The van der Waals surface area contributed by atoms with Gasteiger partial charge in [0.25, 0.3) is 0 Å². The van der Waals surface area contributed by atoms with Gasteiger partial charge in [0, 0.05) is 21.9 Å². The van der Waals surface area contributed by atoms with Crippen molar-refractivity contribution in [3.63, 3.8) is 0 Å². The SMILES string of the molecule is c1ccc2cc3nc(-c4ccc5ccc6c(-c7ccc8cc9ccccc9cc8n7)ccc7ccc4c5c76)ccc3cc2c1. The summed E-state index contributed by atoms with van der Waals surface area (Å²) in [6, 6.07) is 52.6. The van der Waals surface area contributed by atoms with Crippen LogP contribution in [0, 0.1) is 0 Å². The molecule has 2 aromatic heterocycles. The summed E-state index contributed by atoms with van der Waals surface area (Å²) in [6.45, 7) is 0. The Morgan fingerprint density at radius 3 is 1.14 bits per heavy atom. The van der Waals surface area contributed by atoms with Gasteiger partial charge in [-0.25, -0.2) is 9.97 Å². The Morgan fingerprint density at radius 1 is 0.295 bits per heavy atom. The third-order valence-corrected chi connectivity index (χ3v) is 9.33. The lowest BCUT2D eigenvalue weighted by atomic mass is 9.88. The monoisotopic (exact) mass is 556 g/mol. The summed E-state index contributed by atoms with van der Waals surface area (Å²) in [5.74, 6) is 0. The molecule has 0 atom stereocenters. The van der Waals surface area contributed by atoms with E-state index in [2.05, 4.69) is 146 Å². The highest BCUT2D eigenvalue weighted by Crippen LogP contribution is 2.42. The standard InChI is InChI=1S/C42H24N2/c1-3-7-29-23-39-31(21-27(29)5-1)13-19-37(43-39)33-15-9-25-12-18-36-34(16-10-26-11-17-35(33)41(25)42(26)36)38-20-14-32-22-28-6-2-4-8-30(28)24-40(32)44-38/h1-24H. The van der Waals surface area contributed by atoms with Crippen LogP contribution < -0.4 is 0 Å². The maximum Gasteiger partial charge on any atom is 0.0715 e. The Kier molecular flexibility index (Phi) is 4.75. The van der Waals surface area contributed by atoms with E-state index < -0.39 is 0 Å². The van der Waals surface area contributed by atoms with Gasteiger partial charge in [-0.1, -0.05) is 109 Å². The third-order valence-electron chi connectivity index (χ3n) is 9.33. The highest BCUT2D eigenvalue weighted by atomic mass is 14.7. The lowest BCUT2D eigenvalue weighted by molar-refractivity contribution is 1.41. The fraction of sp³-hybridized carbons (Fsp3) is 0. The average molecular weight is 557 g/mol. The van der Waals surface area contributed by atoms with Gasteiger partial charge in [-0.05, 0) is 90.3 Å². The van der Waals surface area contributed by atoms with E-state index in [9.17, 15) is 0 Å². The predicted octanol–water partition coefficient (Wildman–Crippen LogP) is 11.3. The third kappa shape index (κ3) is 3.43. The van der Waals surface area contributed by atoms with Crippen molar-refractivity contribution >= 4 is 75.7 Å². The second-order valence-corrected chi connectivity index (χ2v) is 11.8. The number of hydrogen-bond acceptors (Lipinski definition) is 2. The summed E-state index contributed by atoms with van der Waals surface area (Å²) in [6.07, 6.45) is 0. The average Bonchev–Trinajstić information content (AvgIpc) is 3.08. The molecule has 0 aliphatic rings. The predicted molar refractivity (Wildman–Crippen MR) is 187 cm³/mol. The van der Waals surface area contributed by atoms with E-state index in [1.54, 1.807) is 0 Å². The van der Waals surface area contributed by atoms with Crippen molar-refractivity contribution < 1.29 is 0 Å². The molecule has 8 aromatic carbocycles. The van der Waals surface area contributed by atoms with Gasteiger partial charge < -0.3 is 0 Å². The maximum atomic E-state index is 5.18. The molecule has 0 radical (unpaired) electrons. The molecular weight excluding hydrogens is 532 g/mol. The van der Waals surface area contributed by atoms with Gasteiger partial charge in [0.05, 0.1) is 22.4 Å². The fourth-order valence-electron chi connectivity index (χ4n) is 7.17. The Labute approximate surface area is 253 Å². The topological polar surface area (TPSA) is 25.8 Å². The lowest BCUT2D eigenvalue weighted by Crippen LogP contribution is -1.92. The van der Waals surface area contributed by atoms with Crippen LogP contribution in [-0.2, 0) is 0 Å². The summed E-state index contributed by atoms with van der Waals surface area (Å²) in [5, 5.41) is 14.7. The fourth-order valence-corrected chi connectivity index (χ4v) is 7.17. The number of fused-ring (bicyclic) bond motifs is 4. The van der Waals surface area contributed by atoms with Crippen LogP contribution in [-0.4, -0.2) is 9.97 Å². The van der Waals surface area contributed by atoms with Gasteiger partial charge in [-0.2, -0.15) is 0 Å². The first kappa shape index (κ1) is 23.7. The molecule has 0 aliphatic carbocycles. The highest BCUT2D eigenvalue weighted by Gasteiger charge is 2.16. The van der Waals surface area contributed by atoms with Crippen LogP contribution in [0.3, 0.4) is 0 Å². The summed E-state index contributed by atoms with van der Waals surface area (Å²) in [4.78, 5) is 10.4. The van der Waals surface area contributed by atoms with Gasteiger partial charge in [0.2, 0.25) is 0 Å². The van der Waals surface area contributed by atoms with Gasteiger partial charge >= 0.3 is 0 Å². The first-order valence-corrected chi connectivity index (χ1v) is 15.1. The van der Waals surface area contributed by atoms with Crippen molar-refractivity contribution in [2.24, 2.45) is 0 Å². The van der Waals surface area contributed by atoms with Gasteiger partial charge in [-0.3, -0.25) is 0 Å². The molecule has 0 unspecified atom stereocenters. The van der Waals surface area contributed by atoms with E-state index in [4.69, 9.17) is 9.97 Å².